The molecule has 2 N–H and O–H groups in total. The number of hydrogen-bond acceptors (Lipinski definition) is 3. The lowest BCUT2D eigenvalue weighted by atomic mass is 9.99. The zero-order valence-corrected chi connectivity index (χ0v) is 7.95. The standard InChI is InChI=1S/C9H17NO3/c1-2-3-4-7-5-10-6-8(7)13-9(11)12/h7-8,10H,2-6H2,1H3,(H,11,12)/t7-,8-/m0/s1. The van der Waals surface area contributed by atoms with E-state index in [4.69, 9.17) is 9.84 Å². The van der Waals surface area contributed by atoms with Crippen molar-refractivity contribution in [2.24, 2.45) is 5.92 Å². The molecular weight excluding hydrogens is 170 g/mol. The average molecular weight is 187 g/mol. The van der Waals surface area contributed by atoms with Crippen molar-refractivity contribution in [3.05, 3.63) is 0 Å². The van der Waals surface area contributed by atoms with Crippen LogP contribution in [0.4, 0.5) is 4.79 Å². The van der Waals surface area contributed by atoms with Gasteiger partial charge in [-0.15, -0.1) is 0 Å². The van der Waals surface area contributed by atoms with Gasteiger partial charge in [-0.1, -0.05) is 19.8 Å². The van der Waals surface area contributed by atoms with Crippen LogP contribution in [0.2, 0.25) is 0 Å². The second-order valence-corrected chi connectivity index (χ2v) is 3.48. The Morgan fingerprint density at radius 1 is 1.62 bits per heavy atom. The normalized spacial score (nSPS) is 27.5. The predicted octanol–water partition coefficient (Wildman–Crippen LogP) is 1.46. The third-order valence-electron chi connectivity index (χ3n) is 2.46. The highest BCUT2D eigenvalue weighted by Crippen LogP contribution is 2.19. The first-order valence-electron chi connectivity index (χ1n) is 4.84. The molecule has 1 rings (SSSR count). The van der Waals surface area contributed by atoms with Crippen LogP contribution >= 0.6 is 0 Å². The smallest absolute Gasteiger partial charge is 0.450 e. The van der Waals surface area contributed by atoms with E-state index in [1.54, 1.807) is 0 Å². The van der Waals surface area contributed by atoms with E-state index in [0.29, 0.717) is 12.5 Å². The van der Waals surface area contributed by atoms with Crippen LogP contribution in [0.5, 0.6) is 0 Å². The van der Waals surface area contributed by atoms with Crippen molar-refractivity contribution in [1.82, 2.24) is 5.32 Å². The fourth-order valence-corrected chi connectivity index (χ4v) is 1.73. The summed E-state index contributed by atoms with van der Waals surface area (Å²) in [4.78, 5) is 10.3. The molecule has 0 saturated carbocycles. The summed E-state index contributed by atoms with van der Waals surface area (Å²) < 4.78 is 4.77. The van der Waals surface area contributed by atoms with E-state index in [9.17, 15) is 4.79 Å². The van der Waals surface area contributed by atoms with Crippen LogP contribution in [0.3, 0.4) is 0 Å². The first-order valence-corrected chi connectivity index (χ1v) is 4.84. The Kier molecular flexibility index (Phi) is 4.02. The molecule has 0 aromatic heterocycles. The Balaban J connectivity index is 2.30. The molecule has 0 amide bonds. The topological polar surface area (TPSA) is 58.6 Å². The lowest BCUT2D eigenvalue weighted by Crippen LogP contribution is -2.25. The Labute approximate surface area is 78.3 Å². The number of carbonyl (C=O) groups is 1. The molecule has 1 heterocycles. The summed E-state index contributed by atoms with van der Waals surface area (Å²) in [7, 11) is 0. The predicted molar refractivity (Wildman–Crippen MR) is 48.8 cm³/mol. The molecule has 0 radical (unpaired) electrons. The SMILES string of the molecule is CCCC[C@H]1CNC[C@@H]1OC(=O)O. The minimum Gasteiger partial charge on any atom is -0.450 e. The number of unbranched alkanes of at least 4 members (excludes halogenated alkanes) is 1. The highest BCUT2D eigenvalue weighted by molar-refractivity contribution is 5.57. The summed E-state index contributed by atoms with van der Waals surface area (Å²) in [5.74, 6) is 0.371. The van der Waals surface area contributed by atoms with E-state index < -0.39 is 6.16 Å². The zero-order chi connectivity index (χ0) is 9.68. The molecule has 0 spiro atoms. The van der Waals surface area contributed by atoms with Crippen molar-refractivity contribution in [1.29, 1.82) is 0 Å². The Bertz CT molecular complexity index is 172. The second kappa shape index (κ2) is 5.07. The van der Waals surface area contributed by atoms with Crippen molar-refractivity contribution >= 4 is 6.16 Å². The molecule has 1 aliphatic heterocycles. The lowest BCUT2D eigenvalue weighted by molar-refractivity contribution is 0.0402. The van der Waals surface area contributed by atoms with Gasteiger partial charge in [-0.2, -0.15) is 0 Å². The minimum atomic E-state index is -1.16. The molecule has 1 aliphatic rings. The molecule has 0 aromatic rings. The van der Waals surface area contributed by atoms with Crippen LogP contribution in [-0.4, -0.2) is 30.5 Å². The Hall–Kier alpha value is -0.770. The van der Waals surface area contributed by atoms with Crippen molar-refractivity contribution in [2.75, 3.05) is 13.1 Å². The van der Waals surface area contributed by atoms with Gasteiger partial charge < -0.3 is 15.2 Å². The van der Waals surface area contributed by atoms with Crippen LogP contribution in [-0.2, 0) is 4.74 Å². The molecule has 76 valence electrons. The first kappa shape index (κ1) is 10.3. The minimum absolute atomic E-state index is 0.135. The van der Waals surface area contributed by atoms with Crippen LogP contribution in [0.1, 0.15) is 26.2 Å². The van der Waals surface area contributed by atoms with E-state index in [-0.39, 0.29) is 6.10 Å². The van der Waals surface area contributed by atoms with Gasteiger partial charge in [0.05, 0.1) is 0 Å². The van der Waals surface area contributed by atoms with Gasteiger partial charge in [0, 0.05) is 19.0 Å². The van der Waals surface area contributed by atoms with E-state index in [0.717, 1.165) is 25.8 Å². The number of rotatable bonds is 4. The maximum atomic E-state index is 10.3. The molecule has 2 atom stereocenters. The number of hydrogen-bond donors (Lipinski definition) is 2. The van der Waals surface area contributed by atoms with Gasteiger partial charge in [0.15, 0.2) is 0 Å². The monoisotopic (exact) mass is 187 g/mol. The molecule has 0 bridgehead atoms. The zero-order valence-electron chi connectivity index (χ0n) is 7.95. The molecule has 1 fully saturated rings. The maximum Gasteiger partial charge on any atom is 0.506 e. The van der Waals surface area contributed by atoms with E-state index in [1.807, 2.05) is 0 Å². The van der Waals surface area contributed by atoms with Gasteiger partial charge in [0.2, 0.25) is 0 Å². The third-order valence-corrected chi connectivity index (χ3v) is 2.46. The van der Waals surface area contributed by atoms with Crippen LogP contribution in [0, 0.1) is 5.92 Å². The molecule has 0 aliphatic carbocycles. The maximum absolute atomic E-state index is 10.3. The average Bonchev–Trinajstić information content (AvgIpc) is 2.48. The van der Waals surface area contributed by atoms with E-state index in [1.165, 1.54) is 0 Å². The van der Waals surface area contributed by atoms with Gasteiger partial charge in [0.1, 0.15) is 6.10 Å². The van der Waals surface area contributed by atoms with Crippen LogP contribution in [0.25, 0.3) is 0 Å². The van der Waals surface area contributed by atoms with Gasteiger partial charge in [-0.25, -0.2) is 4.79 Å². The van der Waals surface area contributed by atoms with E-state index in [2.05, 4.69) is 12.2 Å². The van der Waals surface area contributed by atoms with Crippen LogP contribution in [0.15, 0.2) is 0 Å². The number of nitrogens with one attached hydrogen (secondary N) is 1. The molecular formula is C9H17NO3. The molecule has 1 saturated heterocycles. The summed E-state index contributed by atoms with van der Waals surface area (Å²) in [6.07, 6.45) is 2.06. The van der Waals surface area contributed by atoms with E-state index >= 15 is 0 Å². The summed E-state index contributed by atoms with van der Waals surface area (Å²) in [5, 5.41) is 11.6. The van der Waals surface area contributed by atoms with Gasteiger partial charge in [0.25, 0.3) is 0 Å². The van der Waals surface area contributed by atoms with Crippen LogP contribution < -0.4 is 5.32 Å². The number of carboxylic acid groups (broad SMARTS) is 1. The Morgan fingerprint density at radius 2 is 2.38 bits per heavy atom. The first-order chi connectivity index (χ1) is 6.24. The summed E-state index contributed by atoms with van der Waals surface area (Å²) >= 11 is 0. The summed E-state index contributed by atoms with van der Waals surface area (Å²) in [5.41, 5.74) is 0. The number of ether oxygens (including phenoxy) is 1. The summed E-state index contributed by atoms with van der Waals surface area (Å²) in [6.45, 7) is 3.69. The fraction of sp³-hybridized carbons (Fsp3) is 0.889. The third kappa shape index (κ3) is 3.22. The quantitative estimate of drug-likeness (QED) is 0.654. The molecule has 4 nitrogen and oxygen atoms in total. The largest absolute Gasteiger partial charge is 0.506 e. The van der Waals surface area contributed by atoms with Crippen molar-refractivity contribution in [3.63, 3.8) is 0 Å². The molecule has 4 heteroatoms. The molecule has 0 aromatic carbocycles. The fourth-order valence-electron chi connectivity index (χ4n) is 1.73. The highest BCUT2D eigenvalue weighted by Gasteiger charge is 2.29. The molecule has 0 unspecified atom stereocenters. The van der Waals surface area contributed by atoms with Crippen molar-refractivity contribution in [3.8, 4) is 0 Å². The van der Waals surface area contributed by atoms with Crippen molar-refractivity contribution in [2.45, 2.75) is 32.3 Å². The highest BCUT2D eigenvalue weighted by atomic mass is 16.7. The van der Waals surface area contributed by atoms with Gasteiger partial charge in [-0.3, -0.25) is 0 Å². The lowest BCUT2D eigenvalue weighted by Gasteiger charge is -2.16. The van der Waals surface area contributed by atoms with Crippen molar-refractivity contribution < 1.29 is 14.6 Å². The Morgan fingerprint density at radius 3 is 3.00 bits per heavy atom. The van der Waals surface area contributed by atoms with Gasteiger partial charge >= 0.3 is 6.16 Å². The van der Waals surface area contributed by atoms with Gasteiger partial charge in [-0.05, 0) is 6.42 Å². The summed E-state index contributed by atoms with van der Waals surface area (Å²) in [6, 6.07) is 0. The molecule has 13 heavy (non-hydrogen) atoms. The second-order valence-electron chi connectivity index (χ2n) is 3.48.